The van der Waals surface area contributed by atoms with Crippen molar-refractivity contribution in [1.82, 2.24) is 5.43 Å². The van der Waals surface area contributed by atoms with Crippen LogP contribution in [-0.4, -0.2) is 13.2 Å². The number of hydrazine groups is 1. The lowest BCUT2D eigenvalue weighted by atomic mass is 9.93. The second-order valence-electron chi connectivity index (χ2n) is 4.81. The monoisotopic (exact) mass is 274 g/mol. The molecule has 2 unspecified atom stereocenters. The summed E-state index contributed by atoms with van der Waals surface area (Å²) < 4.78 is 43.3. The molecule has 0 radical (unpaired) electrons. The lowest BCUT2D eigenvalue weighted by Gasteiger charge is -2.20. The third-order valence-electron chi connectivity index (χ3n) is 3.41. The summed E-state index contributed by atoms with van der Waals surface area (Å²) >= 11 is 0. The summed E-state index contributed by atoms with van der Waals surface area (Å²) in [6.45, 7) is 1.36. The molecule has 2 atom stereocenters. The van der Waals surface area contributed by atoms with Gasteiger partial charge in [-0.2, -0.15) is 13.2 Å². The van der Waals surface area contributed by atoms with Gasteiger partial charge in [0.05, 0.1) is 5.56 Å². The molecule has 0 aliphatic carbocycles. The van der Waals surface area contributed by atoms with Gasteiger partial charge in [0.25, 0.3) is 0 Å². The highest BCUT2D eigenvalue weighted by Crippen LogP contribution is 2.32. The van der Waals surface area contributed by atoms with Crippen molar-refractivity contribution in [3.05, 3.63) is 35.4 Å². The maximum absolute atomic E-state index is 12.7. The molecule has 1 aliphatic rings. The Morgan fingerprint density at radius 3 is 2.79 bits per heavy atom. The molecule has 0 amide bonds. The minimum absolute atomic E-state index is 0.283. The summed E-state index contributed by atoms with van der Waals surface area (Å²) in [5.74, 6) is 5.81. The number of benzene rings is 1. The van der Waals surface area contributed by atoms with Gasteiger partial charge < -0.3 is 4.74 Å². The van der Waals surface area contributed by atoms with E-state index in [4.69, 9.17) is 10.6 Å². The molecule has 1 aromatic carbocycles. The van der Waals surface area contributed by atoms with E-state index in [0.717, 1.165) is 18.6 Å². The molecule has 106 valence electrons. The van der Waals surface area contributed by atoms with Gasteiger partial charge >= 0.3 is 6.18 Å². The van der Waals surface area contributed by atoms with E-state index in [1.54, 1.807) is 6.07 Å². The fourth-order valence-electron chi connectivity index (χ4n) is 2.33. The van der Waals surface area contributed by atoms with E-state index in [1.165, 1.54) is 6.07 Å². The second-order valence-corrected chi connectivity index (χ2v) is 4.81. The first-order valence-electron chi connectivity index (χ1n) is 6.21. The van der Waals surface area contributed by atoms with E-state index in [2.05, 4.69) is 5.43 Å². The first kappa shape index (κ1) is 14.3. The zero-order valence-electron chi connectivity index (χ0n) is 10.4. The Hall–Kier alpha value is -1.11. The Kier molecular flexibility index (Phi) is 4.44. The molecule has 0 bridgehead atoms. The molecule has 0 spiro atoms. The van der Waals surface area contributed by atoms with Gasteiger partial charge in [-0.25, -0.2) is 0 Å². The van der Waals surface area contributed by atoms with Crippen LogP contribution in [-0.2, 0) is 10.9 Å². The van der Waals surface area contributed by atoms with Crippen LogP contribution in [0.15, 0.2) is 24.3 Å². The van der Waals surface area contributed by atoms with Gasteiger partial charge in [-0.1, -0.05) is 12.1 Å². The fourth-order valence-corrected chi connectivity index (χ4v) is 2.33. The maximum atomic E-state index is 12.7. The van der Waals surface area contributed by atoms with Crippen LogP contribution in [0.1, 0.15) is 30.0 Å². The standard InChI is InChI=1S/C13H17F3N2O/c14-13(15,16)11-3-1-2-10(7-11)12(18-17)6-9-4-5-19-8-9/h1-3,7,9,12,18H,4-6,8,17H2. The Morgan fingerprint density at radius 2 is 2.21 bits per heavy atom. The minimum atomic E-state index is -4.33. The molecule has 1 heterocycles. The minimum Gasteiger partial charge on any atom is -0.381 e. The number of nitrogens with two attached hydrogens (primary N) is 1. The molecule has 3 N–H and O–H groups in total. The molecule has 3 nitrogen and oxygen atoms in total. The molecule has 6 heteroatoms. The van der Waals surface area contributed by atoms with Crippen LogP contribution in [0, 0.1) is 5.92 Å². The van der Waals surface area contributed by atoms with Gasteiger partial charge in [0.15, 0.2) is 0 Å². The van der Waals surface area contributed by atoms with Crippen LogP contribution >= 0.6 is 0 Å². The molecule has 0 saturated carbocycles. The van der Waals surface area contributed by atoms with E-state index in [1.807, 2.05) is 0 Å². The van der Waals surface area contributed by atoms with Gasteiger partial charge in [-0.3, -0.25) is 11.3 Å². The Labute approximate surface area is 109 Å². The van der Waals surface area contributed by atoms with Crippen molar-refractivity contribution in [2.24, 2.45) is 11.8 Å². The third kappa shape index (κ3) is 3.68. The fraction of sp³-hybridized carbons (Fsp3) is 0.538. The number of nitrogens with one attached hydrogen (secondary N) is 1. The molecule has 0 aromatic heterocycles. The van der Waals surface area contributed by atoms with Gasteiger partial charge in [0.1, 0.15) is 0 Å². The topological polar surface area (TPSA) is 47.3 Å². The van der Waals surface area contributed by atoms with Crippen molar-refractivity contribution < 1.29 is 17.9 Å². The lowest BCUT2D eigenvalue weighted by molar-refractivity contribution is -0.137. The predicted molar refractivity (Wildman–Crippen MR) is 65.1 cm³/mol. The van der Waals surface area contributed by atoms with Crippen molar-refractivity contribution in [3.8, 4) is 0 Å². The van der Waals surface area contributed by atoms with Crippen LogP contribution < -0.4 is 11.3 Å². The summed E-state index contributed by atoms with van der Waals surface area (Å²) in [7, 11) is 0. The molecule has 1 saturated heterocycles. The van der Waals surface area contributed by atoms with Gasteiger partial charge in [-0.05, 0) is 36.5 Å². The summed E-state index contributed by atoms with van der Waals surface area (Å²) in [4.78, 5) is 0. The van der Waals surface area contributed by atoms with Crippen LogP contribution in [0.2, 0.25) is 0 Å². The second kappa shape index (κ2) is 5.90. The van der Waals surface area contributed by atoms with Crippen LogP contribution in [0.4, 0.5) is 13.2 Å². The number of hydrogen-bond acceptors (Lipinski definition) is 3. The van der Waals surface area contributed by atoms with Crippen molar-refractivity contribution in [3.63, 3.8) is 0 Å². The Bertz CT molecular complexity index is 417. The van der Waals surface area contributed by atoms with E-state index >= 15 is 0 Å². The Morgan fingerprint density at radius 1 is 1.42 bits per heavy atom. The van der Waals surface area contributed by atoms with E-state index in [-0.39, 0.29) is 6.04 Å². The molecule has 1 aliphatic heterocycles. The van der Waals surface area contributed by atoms with Crippen molar-refractivity contribution >= 4 is 0 Å². The zero-order chi connectivity index (χ0) is 13.9. The van der Waals surface area contributed by atoms with E-state index in [0.29, 0.717) is 31.1 Å². The zero-order valence-corrected chi connectivity index (χ0v) is 10.4. The van der Waals surface area contributed by atoms with Crippen molar-refractivity contribution in [2.75, 3.05) is 13.2 Å². The van der Waals surface area contributed by atoms with Crippen molar-refractivity contribution in [1.29, 1.82) is 0 Å². The molecule has 2 rings (SSSR count). The largest absolute Gasteiger partial charge is 0.416 e. The summed E-state index contributed by atoms with van der Waals surface area (Å²) in [6, 6.07) is 5.01. The highest BCUT2D eigenvalue weighted by atomic mass is 19.4. The highest BCUT2D eigenvalue weighted by Gasteiger charge is 2.31. The average molecular weight is 274 g/mol. The van der Waals surface area contributed by atoms with Gasteiger partial charge in [0.2, 0.25) is 0 Å². The average Bonchev–Trinajstić information content (AvgIpc) is 2.88. The highest BCUT2D eigenvalue weighted by molar-refractivity contribution is 5.28. The van der Waals surface area contributed by atoms with Crippen LogP contribution in [0.25, 0.3) is 0 Å². The molecular formula is C13H17F3N2O. The van der Waals surface area contributed by atoms with Gasteiger partial charge in [-0.15, -0.1) is 0 Å². The number of ether oxygens (including phenoxy) is 1. The van der Waals surface area contributed by atoms with Crippen molar-refractivity contribution in [2.45, 2.75) is 25.1 Å². The quantitative estimate of drug-likeness (QED) is 0.655. The first-order chi connectivity index (χ1) is 9.00. The smallest absolute Gasteiger partial charge is 0.381 e. The van der Waals surface area contributed by atoms with E-state index < -0.39 is 11.7 Å². The molecule has 1 fully saturated rings. The van der Waals surface area contributed by atoms with Crippen LogP contribution in [0.3, 0.4) is 0 Å². The molecule has 1 aromatic rings. The SMILES string of the molecule is NNC(CC1CCOC1)c1cccc(C(F)(F)F)c1. The maximum Gasteiger partial charge on any atom is 0.416 e. The summed E-state index contributed by atoms with van der Waals surface area (Å²) in [6.07, 6.45) is -2.72. The molecule has 19 heavy (non-hydrogen) atoms. The number of rotatable bonds is 4. The lowest BCUT2D eigenvalue weighted by Crippen LogP contribution is -2.30. The third-order valence-corrected chi connectivity index (χ3v) is 3.41. The summed E-state index contributed by atoms with van der Waals surface area (Å²) in [5, 5.41) is 0. The normalized spacial score (nSPS) is 21.6. The van der Waals surface area contributed by atoms with Gasteiger partial charge in [0, 0.05) is 19.3 Å². The first-order valence-corrected chi connectivity index (χ1v) is 6.21. The van der Waals surface area contributed by atoms with Crippen LogP contribution in [0.5, 0.6) is 0 Å². The number of alkyl halides is 3. The Balaban J connectivity index is 2.13. The molecular weight excluding hydrogens is 257 g/mol. The number of hydrogen-bond donors (Lipinski definition) is 2. The number of halogens is 3. The summed E-state index contributed by atoms with van der Waals surface area (Å²) in [5.41, 5.74) is 2.52. The van der Waals surface area contributed by atoms with E-state index in [9.17, 15) is 13.2 Å². The predicted octanol–water partition coefficient (Wildman–Crippen LogP) is 2.64.